The van der Waals surface area contributed by atoms with Crippen LogP contribution >= 0.6 is 11.3 Å². The SMILES string of the molecule is CN=C(NCc1ccsc1)N1CCOC(COC)C1. The lowest BCUT2D eigenvalue weighted by molar-refractivity contribution is -0.0447. The van der Waals surface area contributed by atoms with Crippen molar-refractivity contribution in [2.24, 2.45) is 4.99 Å². The Morgan fingerprint density at radius 1 is 1.68 bits per heavy atom. The Bertz CT molecular complexity index is 393. The molecule has 1 unspecified atom stereocenters. The minimum atomic E-state index is 0.124. The summed E-state index contributed by atoms with van der Waals surface area (Å²) in [5.74, 6) is 0.926. The van der Waals surface area contributed by atoms with E-state index >= 15 is 0 Å². The van der Waals surface area contributed by atoms with Gasteiger partial charge in [-0.3, -0.25) is 4.99 Å². The molecule has 1 aliphatic rings. The van der Waals surface area contributed by atoms with Gasteiger partial charge in [0, 0.05) is 33.8 Å². The summed E-state index contributed by atoms with van der Waals surface area (Å²) in [7, 11) is 3.52. The van der Waals surface area contributed by atoms with Crippen LogP contribution in [0.3, 0.4) is 0 Å². The minimum Gasteiger partial charge on any atom is -0.382 e. The van der Waals surface area contributed by atoms with Crippen LogP contribution in [0.4, 0.5) is 0 Å². The van der Waals surface area contributed by atoms with E-state index in [-0.39, 0.29) is 6.10 Å². The molecule has 6 heteroatoms. The first-order chi connectivity index (χ1) is 9.33. The van der Waals surface area contributed by atoms with E-state index < -0.39 is 0 Å². The molecule has 0 aliphatic carbocycles. The first kappa shape index (κ1) is 14.3. The van der Waals surface area contributed by atoms with E-state index in [1.54, 1.807) is 18.4 Å². The molecule has 1 aromatic rings. The fourth-order valence-electron chi connectivity index (χ4n) is 2.11. The smallest absolute Gasteiger partial charge is 0.194 e. The highest BCUT2D eigenvalue weighted by atomic mass is 32.1. The number of nitrogens with one attached hydrogen (secondary N) is 1. The Balaban J connectivity index is 1.86. The first-order valence-electron chi connectivity index (χ1n) is 6.40. The third-order valence-corrected chi connectivity index (χ3v) is 3.77. The van der Waals surface area contributed by atoms with Crippen molar-refractivity contribution >= 4 is 17.3 Å². The molecule has 0 bridgehead atoms. The topological polar surface area (TPSA) is 46.1 Å². The zero-order valence-electron chi connectivity index (χ0n) is 11.5. The number of hydrogen-bond acceptors (Lipinski definition) is 4. The van der Waals surface area contributed by atoms with Gasteiger partial charge in [0.05, 0.1) is 19.3 Å². The molecule has 1 aromatic heterocycles. The third kappa shape index (κ3) is 4.19. The number of aliphatic imine (C=N–C) groups is 1. The predicted octanol–water partition coefficient (Wildman–Crippen LogP) is 1.17. The van der Waals surface area contributed by atoms with E-state index in [1.165, 1.54) is 5.56 Å². The molecule has 0 spiro atoms. The number of guanidine groups is 1. The Hall–Kier alpha value is -1.11. The number of thiophene rings is 1. The highest BCUT2D eigenvalue weighted by Gasteiger charge is 2.22. The van der Waals surface area contributed by atoms with Crippen LogP contribution in [-0.2, 0) is 16.0 Å². The molecule has 5 nitrogen and oxygen atoms in total. The molecule has 2 rings (SSSR count). The fourth-order valence-corrected chi connectivity index (χ4v) is 2.77. The van der Waals surface area contributed by atoms with Crippen molar-refractivity contribution in [1.29, 1.82) is 0 Å². The standard InChI is InChI=1S/C13H21N3O2S/c1-14-13(15-7-11-3-6-19-10-11)16-4-5-18-12(8-16)9-17-2/h3,6,10,12H,4-5,7-9H2,1-2H3,(H,14,15). The number of hydrogen-bond donors (Lipinski definition) is 1. The molecule has 0 amide bonds. The fraction of sp³-hybridized carbons (Fsp3) is 0.615. The lowest BCUT2D eigenvalue weighted by Crippen LogP contribution is -2.51. The molecule has 19 heavy (non-hydrogen) atoms. The summed E-state index contributed by atoms with van der Waals surface area (Å²) in [6, 6.07) is 2.12. The van der Waals surface area contributed by atoms with Crippen LogP contribution in [0.15, 0.2) is 21.8 Å². The average Bonchev–Trinajstić information content (AvgIpc) is 2.94. The van der Waals surface area contributed by atoms with Crippen molar-refractivity contribution in [3.05, 3.63) is 22.4 Å². The van der Waals surface area contributed by atoms with Gasteiger partial charge in [0.15, 0.2) is 5.96 Å². The highest BCUT2D eigenvalue weighted by Crippen LogP contribution is 2.08. The van der Waals surface area contributed by atoms with E-state index in [0.29, 0.717) is 13.2 Å². The molecule has 0 saturated carbocycles. The molecule has 1 N–H and O–H groups in total. The van der Waals surface area contributed by atoms with Crippen LogP contribution in [0, 0.1) is 0 Å². The summed E-state index contributed by atoms with van der Waals surface area (Å²) in [5, 5.41) is 7.62. The maximum Gasteiger partial charge on any atom is 0.194 e. The van der Waals surface area contributed by atoms with Gasteiger partial charge < -0.3 is 19.7 Å². The zero-order chi connectivity index (χ0) is 13.5. The van der Waals surface area contributed by atoms with E-state index in [1.807, 2.05) is 7.05 Å². The van der Waals surface area contributed by atoms with Crippen LogP contribution in [-0.4, -0.2) is 57.4 Å². The second-order valence-electron chi connectivity index (χ2n) is 4.43. The van der Waals surface area contributed by atoms with Crippen molar-refractivity contribution in [3.8, 4) is 0 Å². The number of rotatable bonds is 4. The predicted molar refractivity (Wildman–Crippen MR) is 77.7 cm³/mol. The molecule has 1 fully saturated rings. The second-order valence-corrected chi connectivity index (χ2v) is 5.21. The van der Waals surface area contributed by atoms with Crippen molar-refractivity contribution in [1.82, 2.24) is 10.2 Å². The van der Waals surface area contributed by atoms with Gasteiger partial charge in [-0.1, -0.05) is 0 Å². The van der Waals surface area contributed by atoms with Crippen LogP contribution in [0.2, 0.25) is 0 Å². The van der Waals surface area contributed by atoms with E-state index in [9.17, 15) is 0 Å². The van der Waals surface area contributed by atoms with Crippen LogP contribution < -0.4 is 5.32 Å². The molecular formula is C13H21N3O2S. The zero-order valence-corrected chi connectivity index (χ0v) is 12.3. The summed E-state index contributed by atoms with van der Waals surface area (Å²) < 4.78 is 10.8. The number of nitrogens with zero attached hydrogens (tertiary/aromatic N) is 2. The first-order valence-corrected chi connectivity index (χ1v) is 7.35. The summed E-state index contributed by atoms with van der Waals surface area (Å²) in [5.41, 5.74) is 1.29. The maximum absolute atomic E-state index is 5.65. The second kappa shape index (κ2) is 7.47. The largest absolute Gasteiger partial charge is 0.382 e. The quantitative estimate of drug-likeness (QED) is 0.665. The normalized spacial score (nSPS) is 20.6. The molecule has 0 radical (unpaired) electrons. The van der Waals surface area contributed by atoms with Crippen molar-refractivity contribution < 1.29 is 9.47 Å². The maximum atomic E-state index is 5.65. The summed E-state index contributed by atoms with van der Waals surface area (Å²) in [6.45, 7) is 3.83. The van der Waals surface area contributed by atoms with E-state index in [0.717, 1.165) is 25.6 Å². The highest BCUT2D eigenvalue weighted by molar-refractivity contribution is 7.07. The molecule has 1 atom stereocenters. The molecule has 0 aromatic carbocycles. The third-order valence-electron chi connectivity index (χ3n) is 3.03. The number of morpholine rings is 1. The van der Waals surface area contributed by atoms with Crippen molar-refractivity contribution in [3.63, 3.8) is 0 Å². The minimum absolute atomic E-state index is 0.124. The van der Waals surface area contributed by atoms with Gasteiger partial charge in [-0.15, -0.1) is 0 Å². The Morgan fingerprint density at radius 3 is 3.26 bits per heavy atom. The lowest BCUT2D eigenvalue weighted by atomic mass is 10.3. The summed E-state index contributed by atoms with van der Waals surface area (Å²) in [4.78, 5) is 6.57. The Morgan fingerprint density at radius 2 is 2.58 bits per heavy atom. The van der Waals surface area contributed by atoms with Gasteiger partial charge >= 0.3 is 0 Å². The lowest BCUT2D eigenvalue weighted by Gasteiger charge is -2.34. The monoisotopic (exact) mass is 283 g/mol. The Labute approximate surface area is 118 Å². The molecule has 106 valence electrons. The van der Waals surface area contributed by atoms with Crippen molar-refractivity contribution in [2.75, 3.05) is 40.5 Å². The summed E-state index contributed by atoms with van der Waals surface area (Å²) in [6.07, 6.45) is 0.124. The van der Waals surface area contributed by atoms with Gasteiger partial charge in [-0.2, -0.15) is 11.3 Å². The number of methoxy groups -OCH3 is 1. The van der Waals surface area contributed by atoms with Crippen molar-refractivity contribution in [2.45, 2.75) is 12.6 Å². The van der Waals surface area contributed by atoms with Gasteiger partial charge in [0.2, 0.25) is 0 Å². The molecular weight excluding hydrogens is 262 g/mol. The van der Waals surface area contributed by atoms with Gasteiger partial charge in [0.1, 0.15) is 0 Å². The number of ether oxygens (including phenoxy) is 2. The van der Waals surface area contributed by atoms with E-state index in [4.69, 9.17) is 9.47 Å². The van der Waals surface area contributed by atoms with Crippen LogP contribution in [0.1, 0.15) is 5.56 Å². The van der Waals surface area contributed by atoms with Gasteiger partial charge in [-0.05, 0) is 22.4 Å². The Kier molecular flexibility index (Phi) is 5.62. The molecule has 2 heterocycles. The van der Waals surface area contributed by atoms with Gasteiger partial charge in [0.25, 0.3) is 0 Å². The van der Waals surface area contributed by atoms with Crippen LogP contribution in [0.25, 0.3) is 0 Å². The summed E-state index contributed by atoms with van der Waals surface area (Å²) >= 11 is 1.71. The van der Waals surface area contributed by atoms with E-state index in [2.05, 4.69) is 32.0 Å². The van der Waals surface area contributed by atoms with Crippen LogP contribution in [0.5, 0.6) is 0 Å². The average molecular weight is 283 g/mol. The molecule has 1 saturated heterocycles. The molecule has 1 aliphatic heterocycles. The van der Waals surface area contributed by atoms with Gasteiger partial charge in [-0.25, -0.2) is 0 Å².